The van der Waals surface area contributed by atoms with Gasteiger partial charge in [0.05, 0.1) is 0 Å². The molecule has 3 N–H and O–H groups in total. The molecule has 0 bridgehead atoms. The summed E-state index contributed by atoms with van der Waals surface area (Å²) in [5.74, 6) is -4.43. The van der Waals surface area contributed by atoms with Crippen molar-refractivity contribution in [1.29, 1.82) is 0 Å². The van der Waals surface area contributed by atoms with Gasteiger partial charge in [0.15, 0.2) is 5.78 Å². The Morgan fingerprint density at radius 1 is 1.18 bits per heavy atom. The average Bonchev–Trinajstić information content (AvgIpc) is 1.84. The van der Waals surface area contributed by atoms with Crippen molar-refractivity contribution in [3.05, 3.63) is 0 Å². The molecular formula is C5H6O6. The minimum absolute atomic E-state index is 0.979. The first-order valence-corrected chi connectivity index (χ1v) is 2.60. The van der Waals surface area contributed by atoms with Crippen molar-refractivity contribution in [1.82, 2.24) is 0 Å². The minimum atomic E-state index is -2.23. The summed E-state index contributed by atoms with van der Waals surface area (Å²) in [7, 11) is 0. The molecule has 1 atom stereocenters. The second kappa shape index (κ2) is 3.67. The van der Waals surface area contributed by atoms with E-state index >= 15 is 0 Å². The third-order valence-electron chi connectivity index (χ3n) is 0.864. The summed E-state index contributed by atoms with van der Waals surface area (Å²) in [6, 6.07) is 0. The minimum Gasteiger partial charge on any atom is -0.481 e. The number of Topliss-reactive ketones (excluding diaryl/α,β-unsaturated/α-hetero) is 1. The molecule has 6 nitrogen and oxygen atoms in total. The van der Waals surface area contributed by atoms with Crippen LogP contribution in [-0.4, -0.2) is 39.1 Å². The highest BCUT2D eigenvalue weighted by atomic mass is 16.4. The van der Waals surface area contributed by atoms with Crippen LogP contribution in [0.3, 0.4) is 0 Å². The number of aliphatic carboxylic acids is 2. The molecule has 11 heavy (non-hydrogen) atoms. The van der Waals surface area contributed by atoms with Gasteiger partial charge in [-0.1, -0.05) is 0 Å². The van der Waals surface area contributed by atoms with Crippen molar-refractivity contribution in [3.63, 3.8) is 0 Å². The van der Waals surface area contributed by atoms with Crippen LogP contribution in [-0.2, 0) is 14.4 Å². The van der Waals surface area contributed by atoms with Crippen molar-refractivity contribution >= 4 is 17.7 Å². The number of ketones is 1. The number of aliphatic hydroxyl groups is 1. The maximum Gasteiger partial charge on any atom is 0.340 e. The van der Waals surface area contributed by atoms with Gasteiger partial charge in [0, 0.05) is 0 Å². The van der Waals surface area contributed by atoms with Crippen LogP contribution in [0.5, 0.6) is 0 Å². The van der Waals surface area contributed by atoms with Gasteiger partial charge in [-0.3, -0.25) is 9.59 Å². The Morgan fingerprint density at radius 2 is 1.64 bits per heavy atom. The molecule has 0 heterocycles. The van der Waals surface area contributed by atoms with Gasteiger partial charge < -0.3 is 15.3 Å². The fourth-order valence-corrected chi connectivity index (χ4v) is 0.383. The third kappa shape index (κ3) is 3.31. The summed E-state index contributed by atoms with van der Waals surface area (Å²) in [5.41, 5.74) is 0. The molecule has 0 aromatic carbocycles. The summed E-state index contributed by atoms with van der Waals surface area (Å²) in [5, 5.41) is 24.4. The molecule has 0 amide bonds. The van der Waals surface area contributed by atoms with Crippen molar-refractivity contribution in [2.75, 3.05) is 0 Å². The normalized spacial score (nSPS) is 12.1. The number of hydrogen-bond donors (Lipinski definition) is 3. The molecule has 1 unspecified atom stereocenters. The smallest absolute Gasteiger partial charge is 0.340 e. The molecule has 62 valence electrons. The van der Waals surface area contributed by atoms with E-state index in [-0.39, 0.29) is 0 Å². The number of carbonyl (C=O) groups excluding carboxylic acids is 1. The highest BCUT2D eigenvalue weighted by molar-refractivity contribution is 6.07. The Hall–Kier alpha value is -1.43. The number of carbonyl (C=O) groups is 3. The first-order valence-electron chi connectivity index (χ1n) is 2.60. The van der Waals surface area contributed by atoms with Gasteiger partial charge in [-0.15, -0.1) is 0 Å². The van der Waals surface area contributed by atoms with E-state index in [1.165, 1.54) is 0 Å². The van der Waals surface area contributed by atoms with E-state index in [0.29, 0.717) is 0 Å². The fourth-order valence-electron chi connectivity index (χ4n) is 0.383. The molecule has 0 aliphatic rings. The highest BCUT2D eigenvalue weighted by Gasteiger charge is 2.24. The van der Waals surface area contributed by atoms with E-state index in [4.69, 9.17) is 15.3 Å². The van der Waals surface area contributed by atoms with Gasteiger partial charge in [0.2, 0.25) is 6.10 Å². The van der Waals surface area contributed by atoms with Crippen LogP contribution in [0.25, 0.3) is 0 Å². The number of carboxylic acid groups (broad SMARTS) is 2. The lowest BCUT2D eigenvalue weighted by Crippen LogP contribution is -2.30. The SMILES string of the molecule is O=C(O)CC(=O)C(O)C(=O)O. The van der Waals surface area contributed by atoms with Crippen molar-refractivity contribution in [3.8, 4) is 0 Å². The monoisotopic (exact) mass is 162 g/mol. The standard InChI is InChI=1S/C5H6O6/c6-2(1-3(7)8)4(9)5(10)11/h4,9H,1H2,(H,7,8)(H,10,11). The van der Waals surface area contributed by atoms with Gasteiger partial charge >= 0.3 is 11.9 Å². The van der Waals surface area contributed by atoms with Gasteiger partial charge in [0.1, 0.15) is 6.42 Å². The lowest BCUT2D eigenvalue weighted by molar-refractivity contribution is -0.153. The number of carboxylic acids is 2. The van der Waals surface area contributed by atoms with E-state index in [1.807, 2.05) is 0 Å². The maximum absolute atomic E-state index is 10.4. The first kappa shape index (κ1) is 9.57. The first-order chi connectivity index (χ1) is 4.95. The highest BCUT2D eigenvalue weighted by Crippen LogP contribution is 1.91. The Balaban J connectivity index is 4.04. The van der Waals surface area contributed by atoms with Crippen LogP contribution in [0, 0.1) is 0 Å². The summed E-state index contributed by atoms with van der Waals surface area (Å²) in [6.45, 7) is 0. The molecule has 0 saturated heterocycles. The molecule has 0 aromatic heterocycles. The van der Waals surface area contributed by atoms with E-state index < -0.39 is 30.2 Å². The van der Waals surface area contributed by atoms with E-state index in [2.05, 4.69) is 0 Å². The van der Waals surface area contributed by atoms with Crippen molar-refractivity contribution in [2.24, 2.45) is 0 Å². The van der Waals surface area contributed by atoms with Crippen LogP contribution in [0.1, 0.15) is 6.42 Å². The predicted molar refractivity (Wildman–Crippen MR) is 30.9 cm³/mol. The molecule has 6 heteroatoms. The average molecular weight is 162 g/mol. The summed E-state index contributed by atoms with van der Waals surface area (Å²) >= 11 is 0. The third-order valence-corrected chi connectivity index (χ3v) is 0.864. The Labute approximate surface area is 61.1 Å². The molecular weight excluding hydrogens is 156 g/mol. The second-order valence-electron chi connectivity index (χ2n) is 1.78. The lowest BCUT2D eigenvalue weighted by Gasteiger charge is -1.99. The molecule has 0 aliphatic heterocycles. The molecule has 0 saturated carbocycles. The van der Waals surface area contributed by atoms with Crippen LogP contribution in [0.2, 0.25) is 0 Å². The Morgan fingerprint density at radius 3 is 1.91 bits per heavy atom. The fraction of sp³-hybridized carbons (Fsp3) is 0.400. The number of aliphatic hydroxyl groups excluding tert-OH is 1. The Bertz CT molecular complexity index is 195. The lowest BCUT2D eigenvalue weighted by atomic mass is 10.2. The quantitative estimate of drug-likeness (QED) is 0.432. The van der Waals surface area contributed by atoms with Gasteiger partial charge in [-0.2, -0.15) is 0 Å². The van der Waals surface area contributed by atoms with E-state index in [1.54, 1.807) is 0 Å². The molecule has 0 fully saturated rings. The topological polar surface area (TPSA) is 112 Å². The zero-order valence-electron chi connectivity index (χ0n) is 5.35. The molecule has 0 rings (SSSR count). The Kier molecular flexibility index (Phi) is 3.19. The van der Waals surface area contributed by atoms with Gasteiger partial charge in [-0.25, -0.2) is 4.79 Å². The van der Waals surface area contributed by atoms with Crippen molar-refractivity contribution in [2.45, 2.75) is 12.5 Å². The number of rotatable bonds is 4. The van der Waals surface area contributed by atoms with Gasteiger partial charge in [0.25, 0.3) is 0 Å². The molecule has 0 radical (unpaired) electrons. The van der Waals surface area contributed by atoms with E-state index in [9.17, 15) is 14.4 Å². The van der Waals surface area contributed by atoms with E-state index in [0.717, 1.165) is 0 Å². The van der Waals surface area contributed by atoms with Gasteiger partial charge in [-0.05, 0) is 0 Å². The zero-order valence-corrected chi connectivity index (χ0v) is 5.35. The largest absolute Gasteiger partial charge is 0.481 e. The summed E-state index contributed by atoms with van der Waals surface area (Å²) in [6.07, 6.45) is -3.21. The molecule has 0 spiro atoms. The molecule has 0 aliphatic carbocycles. The maximum atomic E-state index is 10.4. The van der Waals surface area contributed by atoms with Crippen LogP contribution >= 0.6 is 0 Å². The zero-order chi connectivity index (χ0) is 9.02. The van der Waals surface area contributed by atoms with Crippen LogP contribution in [0.4, 0.5) is 0 Å². The second-order valence-corrected chi connectivity index (χ2v) is 1.78. The molecule has 0 aromatic rings. The van der Waals surface area contributed by atoms with Crippen LogP contribution in [0.15, 0.2) is 0 Å². The van der Waals surface area contributed by atoms with Crippen molar-refractivity contribution < 1.29 is 29.7 Å². The van der Waals surface area contributed by atoms with Crippen LogP contribution < -0.4 is 0 Å². The predicted octanol–water partition coefficient (Wildman–Crippen LogP) is -1.52. The summed E-state index contributed by atoms with van der Waals surface area (Å²) < 4.78 is 0. The number of hydrogen-bond acceptors (Lipinski definition) is 4. The summed E-state index contributed by atoms with van der Waals surface area (Å²) in [4.78, 5) is 30.1.